The molecule has 0 radical (unpaired) electrons. The molecule has 0 spiro atoms. The smallest absolute Gasteiger partial charge is 0.414 e. The molecular formula is C17H16ClN3O3. The third-order valence-electron chi connectivity index (χ3n) is 3.71. The highest BCUT2D eigenvalue weighted by molar-refractivity contribution is 6.33. The van der Waals surface area contributed by atoms with Crippen molar-refractivity contribution in [2.45, 2.75) is 13.0 Å². The molecule has 0 bridgehead atoms. The predicted octanol–water partition coefficient (Wildman–Crippen LogP) is 2.86. The van der Waals surface area contributed by atoms with Gasteiger partial charge in [0.2, 0.25) is 5.91 Å². The summed E-state index contributed by atoms with van der Waals surface area (Å²) in [7, 11) is 0. The first-order chi connectivity index (χ1) is 11.5. The van der Waals surface area contributed by atoms with Crippen molar-refractivity contribution < 1.29 is 14.3 Å². The van der Waals surface area contributed by atoms with Gasteiger partial charge in [-0.1, -0.05) is 17.7 Å². The number of carbonyl (C=O) groups excluding carboxylic acids is 2. The zero-order valence-electron chi connectivity index (χ0n) is 13.0. The summed E-state index contributed by atoms with van der Waals surface area (Å²) in [6, 6.07) is 9.16. The maximum absolute atomic E-state index is 12.0. The summed E-state index contributed by atoms with van der Waals surface area (Å²) >= 11 is 6.37. The van der Waals surface area contributed by atoms with Crippen LogP contribution in [0.5, 0.6) is 0 Å². The number of amides is 2. The van der Waals surface area contributed by atoms with Crippen molar-refractivity contribution in [1.82, 2.24) is 10.3 Å². The van der Waals surface area contributed by atoms with E-state index in [1.54, 1.807) is 18.5 Å². The van der Waals surface area contributed by atoms with Gasteiger partial charge in [-0.25, -0.2) is 4.79 Å². The molecule has 24 heavy (non-hydrogen) atoms. The third kappa shape index (κ3) is 3.49. The Bertz CT molecular complexity index is 767. The molecule has 2 heterocycles. The van der Waals surface area contributed by atoms with Gasteiger partial charge in [0.1, 0.15) is 6.10 Å². The van der Waals surface area contributed by atoms with Crippen molar-refractivity contribution in [3.05, 3.63) is 47.7 Å². The summed E-state index contributed by atoms with van der Waals surface area (Å²) in [5, 5.41) is 3.19. The van der Waals surface area contributed by atoms with Gasteiger partial charge in [0.25, 0.3) is 0 Å². The Labute approximate surface area is 144 Å². The Morgan fingerprint density at radius 3 is 2.79 bits per heavy atom. The molecule has 2 amide bonds. The number of hydrogen-bond donors (Lipinski definition) is 1. The number of rotatable bonds is 4. The van der Waals surface area contributed by atoms with E-state index in [2.05, 4.69) is 10.3 Å². The topological polar surface area (TPSA) is 71.5 Å². The normalized spacial score (nSPS) is 16.8. The van der Waals surface area contributed by atoms with Gasteiger partial charge in [0.15, 0.2) is 0 Å². The van der Waals surface area contributed by atoms with E-state index >= 15 is 0 Å². The summed E-state index contributed by atoms with van der Waals surface area (Å²) in [6.45, 7) is 2.08. The number of hydrogen-bond acceptors (Lipinski definition) is 4. The number of nitrogens with zero attached hydrogens (tertiary/aromatic N) is 2. The standard InChI is InChI=1S/C17H16ClN3O3/c1-11(22)20-9-14-10-21(17(23)24-14)13-2-3-15(16(18)8-13)12-4-6-19-7-5-12/h2-8,14H,9-10H2,1H3,(H,20,22). The number of ether oxygens (including phenoxy) is 1. The van der Waals surface area contributed by atoms with E-state index in [1.807, 2.05) is 24.3 Å². The molecule has 1 aliphatic rings. The number of benzene rings is 1. The molecule has 7 heteroatoms. The maximum atomic E-state index is 12.0. The molecule has 1 aromatic carbocycles. The number of anilines is 1. The lowest BCUT2D eigenvalue weighted by Gasteiger charge is -2.15. The first-order valence-corrected chi connectivity index (χ1v) is 7.85. The minimum atomic E-state index is -0.446. The SMILES string of the molecule is CC(=O)NCC1CN(c2ccc(-c3ccncc3)c(Cl)c2)C(=O)O1. The van der Waals surface area contributed by atoms with E-state index in [0.717, 1.165) is 11.1 Å². The number of pyridine rings is 1. The molecule has 1 atom stereocenters. The first kappa shape index (κ1) is 16.3. The maximum Gasteiger partial charge on any atom is 0.414 e. The van der Waals surface area contributed by atoms with Gasteiger partial charge in [-0.2, -0.15) is 0 Å². The number of cyclic esters (lactones) is 1. The lowest BCUT2D eigenvalue weighted by Crippen LogP contribution is -2.33. The first-order valence-electron chi connectivity index (χ1n) is 7.47. The number of aromatic nitrogens is 1. The molecule has 124 valence electrons. The molecule has 0 aliphatic carbocycles. The van der Waals surface area contributed by atoms with Crippen molar-refractivity contribution in [2.24, 2.45) is 0 Å². The highest BCUT2D eigenvalue weighted by Crippen LogP contribution is 2.32. The van der Waals surface area contributed by atoms with Gasteiger partial charge in [0, 0.05) is 30.6 Å². The van der Waals surface area contributed by atoms with Crippen LogP contribution in [-0.4, -0.2) is 36.2 Å². The van der Waals surface area contributed by atoms with Crippen LogP contribution in [-0.2, 0) is 9.53 Å². The molecule has 1 unspecified atom stereocenters. The highest BCUT2D eigenvalue weighted by Gasteiger charge is 2.32. The second-order valence-electron chi connectivity index (χ2n) is 5.45. The summed E-state index contributed by atoms with van der Waals surface area (Å²) in [5.41, 5.74) is 2.48. The molecule has 1 aliphatic heterocycles. The molecule has 3 rings (SSSR count). The summed E-state index contributed by atoms with van der Waals surface area (Å²) in [5.74, 6) is -0.158. The molecule has 1 aromatic heterocycles. The molecular weight excluding hydrogens is 330 g/mol. The fourth-order valence-corrected chi connectivity index (χ4v) is 2.82. The van der Waals surface area contributed by atoms with Crippen molar-refractivity contribution >= 4 is 29.3 Å². The van der Waals surface area contributed by atoms with Crippen LogP contribution >= 0.6 is 11.6 Å². The Morgan fingerprint density at radius 1 is 1.38 bits per heavy atom. The monoisotopic (exact) mass is 345 g/mol. The zero-order chi connectivity index (χ0) is 17.1. The van der Waals surface area contributed by atoms with E-state index in [-0.39, 0.29) is 12.0 Å². The fourth-order valence-electron chi connectivity index (χ4n) is 2.53. The van der Waals surface area contributed by atoms with E-state index in [4.69, 9.17) is 16.3 Å². The van der Waals surface area contributed by atoms with Crippen LogP contribution in [0.1, 0.15) is 6.92 Å². The van der Waals surface area contributed by atoms with Gasteiger partial charge in [-0.15, -0.1) is 0 Å². The van der Waals surface area contributed by atoms with Crippen molar-refractivity contribution in [2.75, 3.05) is 18.0 Å². The Balaban J connectivity index is 1.77. The third-order valence-corrected chi connectivity index (χ3v) is 4.02. The van der Waals surface area contributed by atoms with Crippen LogP contribution < -0.4 is 10.2 Å². The number of carbonyl (C=O) groups is 2. The van der Waals surface area contributed by atoms with Gasteiger partial charge < -0.3 is 10.1 Å². The summed E-state index contributed by atoms with van der Waals surface area (Å²) < 4.78 is 5.25. The minimum absolute atomic E-state index is 0.158. The molecule has 1 N–H and O–H groups in total. The minimum Gasteiger partial charge on any atom is -0.442 e. The van der Waals surface area contributed by atoms with Crippen LogP contribution in [0.15, 0.2) is 42.7 Å². The lowest BCUT2D eigenvalue weighted by atomic mass is 10.1. The van der Waals surface area contributed by atoms with E-state index in [9.17, 15) is 9.59 Å². The Kier molecular flexibility index (Phi) is 4.66. The molecule has 2 aromatic rings. The van der Waals surface area contributed by atoms with Crippen molar-refractivity contribution in [1.29, 1.82) is 0 Å². The molecule has 6 nitrogen and oxygen atoms in total. The lowest BCUT2D eigenvalue weighted by molar-refractivity contribution is -0.119. The molecule has 1 fully saturated rings. The predicted molar refractivity (Wildman–Crippen MR) is 91.0 cm³/mol. The van der Waals surface area contributed by atoms with Crippen LogP contribution in [0, 0.1) is 0 Å². The Hall–Kier alpha value is -2.60. The number of nitrogens with one attached hydrogen (secondary N) is 1. The van der Waals surface area contributed by atoms with E-state index < -0.39 is 6.09 Å². The van der Waals surface area contributed by atoms with Crippen LogP contribution in [0.25, 0.3) is 11.1 Å². The van der Waals surface area contributed by atoms with Gasteiger partial charge in [0.05, 0.1) is 18.1 Å². The van der Waals surface area contributed by atoms with Gasteiger partial charge >= 0.3 is 6.09 Å². The van der Waals surface area contributed by atoms with Gasteiger partial charge in [-0.05, 0) is 29.8 Å². The van der Waals surface area contributed by atoms with Crippen molar-refractivity contribution in [3.63, 3.8) is 0 Å². The second-order valence-corrected chi connectivity index (χ2v) is 5.86. The van der Waals surface area contributed by atoms with Gasteiger partial charge in [-0.3, -0.25) is 14.7 Å². The Morgan fingerprint density at radius 2 is 2.12 bits per heavy atom. The van der Waals surface area contributed by atoms with E-state index in [1.165, 1.54) is 11.8 Å². The average molecular weight is 346 g/mol. The van der Waals surface area contributed by atoms with Crippen LogP contribution in [0.4, 0.5) is 10.5 Å². The second kappa shape index (κ2) is 6.88. The van der Waals surface area contributed by atoms with Crippen LogP contribution in [0.2, 0.25) is 5.02 Å². The highest BCUT2D eigenvalue weighted by atomic mass is 35.5. The van der Waals surface area contributed by atoms with Crippen molar-refractivity contribution in [3.8, 4) is 11.1 Å². The fraction of sp³-hybridized carbons (Fsp3) is 0.235. The van der Waals surface area contributed by atoms with E-state index in [0.29, 0.717) is 23.8 Å². The summed E-state index contributed by atoms with van der Waals surface area (Å²) in [6.07, 6.45) is 2.58. The largest absolute Gasteiger partial charge is 0.442 e. The zero-order valence-corrected chi connectivity index (χ0v) is 13.8. The molecule has 0 saturated carbocycles. The quantitative estimate of drug-likeness (QED) is 0.924. The van der Waals surface area contributed by atoms with Crippen LogP contribution in [0.3, 0.4) is 0 Å². The number of halogens is 1. The average Bonchev–Trinajstić information content (AvgIpc) is 2.94. The molecule has 1 saturated heterocycles. The summed E-state index contributed by atoms with van der Waals surface area (Å²) in [4.78, 5) is 28.5.